The minimum absolute atomic E-state index is 0.0695. The molecular weight excluding hydrogens is 378 g/mol. The molecule has 6 heteroatoms. The molecule has 0 aliphatic carbocycles. The summed E-state index contributed by atoms with van der Waals surface area (Å²) in [6.45, 7) is 7.11. The van der Waals surface area contributed by atoms with E-state index in [-0.39, 0.29) is 5.69 Å². The van der Waals surface area contributed by atoms with Crippen LogP contribution >= 0.6 is 24.0 Å². The van der Waals surface area contributed by atoms with Crippen LogP contribution in [-0.2, 0) is 0 Å². The smallest absolute Gasteiger partial charge is 0.258 e. The number of benzene rings is 2. The summed E-state index contributed by atoms with van der Waals surface area (Å²) in [5.74, 6) is 7.17. The lowest BCUT2D eigenvalue weighted by atomic mass is 10.1. The van der Waals surface area contributed by atoms with E-state index in [9.17, 15) is 10.1 Å². The Hall–Kier alpha value is -1.94. The van der Waals surface area contributed by atoms with Gasteiger partial charge in [0.05, 0.1) is 9.12 Å². The molecule has 0 aliphatic heterocycles. The Morgan fingerprint density at radius 2 is 1.54 bits per heavy atom. The van der Waals surface area contributed by atoms with Crippen molar-refractivity contribution in [2.45, 2.75) is 25.7 Å². The van der Waals surface area contributed by atoms with E-state index in [1.54, 1.807) is 23.9 Å². The van der Waals surface area contributed by atoms with E-state index in [0.29, 0.717) is 0 Å². The van der Waals surface area contributed by atoms with Crippen LogP contribution in [-0.4, -0.2) is 22.9 Å². The van der Waals surface area contributed by atoms with Gasteiger partial charge in [0.1, 0.15) is 0 Å². The second kappa shape index (κ2) is 9.13. The molecule has 0 saturated heterocycles. The van der Waals surface area contributed by atoms with Gasteiger partial charge >= 0.3 is 0 Å². The Bertz CT molecular complexity index is 845. The molecule has 26 heavy (non-hydrogen) atoms. The lowest BCUT2D eigenvalue weighted by Crippen LogP contribution is -2.20. The molecule has 0 bridgehead atoms. The molecular formula is C20H21NO2S2Si. The van der Waals surface area contributed by atoms with Gasteiger partial charge in [0.2, 0.25) is 0 Å². The van der Waals surface area contributed by atoms with Crippen molar-refractivity contribution in [3.05, 3.63) is 75.3 Å². The van der Waals surface area contributed by atoms with Crippen LogP contribution < -0.4 is 0 Å². The largest absolute Gasteiger partial charge is 0.269 e. The number of nitrogens with zero attached hydrogens (tertiary/aromatic N) is 1. The van der Waals surface area contributed by atoms with Crippen LogP contribution in [0.4, 0.5) is 5.69 Å². The standard InChI is InChI=1S/C20H21NO2S2Si/c1-26(2,3)15-14-25-20(24)18-10-6-16(7-11-18)4-5-17-8-12-19(13-9-17)21(22)23/h6-13H,14-15H2,1-3H3. The first-order chi connectivity index (χ1) is 12.2. The van der Waals surface area contributed by atoms with Crippen LogP contribution in [0.15, 0.2) is 48.5 Å². The first-order valence-corrected chi connectivity index (χ1v) is 13.4. The van der Waals surface area contributed by atoms with E-state index in [2.05, 4.69) is 31.5 Å². The lowest BCUT2D eigenvalue weighted by molar-refractivity contribution is -0.384. The van der Waals surface area contributed by atoms with Gasteiger partial charge < -0.3 is 0 Å². The number of hydrogen-bond acceptors (Lipinski definition) is 4. The fourth-order valence-corrected chi connectivity index (χ4v) is 5.77. The average molecular weight is 400 g/mol. The van der Waals surface area contributed by atoms with Gasteiger partial charge in [-0.3, -0.25) is 10.1 Å². The second-order valence-electron chi connectivity index (χ2n) is 7.08. The van der Waals surface area contributed by atoms with Gasteiger partial charge in [-0.1, -0.05) is 55.8 Å². The molecule has 0 atom stereocenters. The van der Waals surface area contributed by atoms with Gasteiger partial charge in [-0.15, -0.1) is 11.8 Å². The van der Waals surface area contributed by atoms with Crippen molar-refractivity contribution in [3.63, 3.8) is 0 Å². The monoisotopic (exact) mass is 399 g/mol. The van der Waals surface area contributed by atoms with E-state index in [1.807, 2.05) is 24.3 Å². The van der Waals surface area contributed by atoms with Gasteiger partial charge in [0.25, 0.3) is 5.69 Å². The molecule has 2 aromatic rings. The molecule has 0 radical (unpaired) electrons. The number of thioether (sulfide) groups is 1. The Morgan fingerprint density at radius 3 is 2.00 bits per heavy atom. The summed E-state index contributed by atoms with van der Waals surface area (Å²) in [7, 11) is -1.02. The summed E-state index contributed by atoms with van der Waals surface area (Å²) in [6, 6.07) is 15.4. The third kappa shape index (κ3) is 6.75. The minimum atomic E-state index is -1.02. The van der Waals surface area contributed by atoms with Gasteiger partial charge in [-0.05, 0) is 41.6 Å². The topological polar surface area (TPSA) is 43.1 Å². The highest BCUT2D eigenvalue weighted by Gasteiger charge is 2.13. The highest BCUT2D eigenvalue weighted by atomic mass is 32.2. The Morgan fingerprint density at radius 1 is 1.04 bits per heavy atom. The summed E-state index contributed by atoms with van der Waals surface area (Å²) in [5.41, 5.74) is 2.76. The summed E-state index contributed by atoms with van der Waals surface area (Å²) in [4.78, 5) is 10.2. The minimum Gasteiger partial charge on any atom is -0.258 e. The summed E-state index contributed by atoms with van der Waals surface area (Å²) < 4.78 is 0.929. The van der Waals surface area contributed by atoms with E-state index >= 15 is 0 Å². The van der Waals surface area contributed by atoms with Crippen molar-refractivity contribution in [2.24, 2.45) is 0 Å². The van der Waals surface area contributed by atoms with Crippen molar-refractivity contribution >= 4 is 41.9 Å². The van der Waals surface area contributed by atoms with Crippen molar-refractivity contribution < 1.29 is 4.92 Å². The maximum absolute atomic E-state index is 10.7. The van der Waals surface area contributed by atoms with E-state index in [4.69, 9.17) is 12.2 Å². The molecule has 0 fully saturated rings. The van der Waals surface area contributed by atoms with E-state index < -0.39 is 13.0 Å². The van der Waals surface area contributed by atoms with Crippen molar-refractivity contribution in [2.75, 3.05) is 5.75 Å². The maximum Gasteiger partial charge on any atom is 0.269 e. The SMILES string of the molecule is C[Si](C)(C)CCSC(=S)c1ccc(C#Cc2ccc([N+](=O)[O-])cc2)cc1. The van der Waals surface area contributed by atoms with Crippen LogP contribution in [0.1, 0.15) is 16.7 Å². The quantitative estimate of drug-likeness (QED) is 0.211. The lowest BCUT2D eigenvalue weighted by Gasteiger charge is -2.15. The first kappa shape index (κ1) is 20.4. The molecule has 0 amide bonds. The summed E-state index contributed by atoms with van der Waals surface area (Å²) >= 11 is 7.27. The maximum atomic E-state index is 10.7. The highest BCUT2D eigenvalue weighted by Crippen LogP contribution is 2.19. The predicted molar refractivity (Wildman–Crippen MR) is 118 cm³/mol. The second-order valence-corrected chi connectivity index (χ2v) is 14.5. The Kier molecular flexibility index (Phi) is 7.15. The molecule has 0 aromatic heterocycles. The molecule has 0 heterocycles. The van der Waals surface area contributed by atoms with Crippen LogP contribution in [0.3, 0.4) is 0 Å². The molecule has 0 unspecified atom stereocenters. The van der Waals surface area contributed by atoms with Crippen molar-refractivity contribution in [1.29, 1.82) is 0 Å². The number of nitro groups is 1. The zero-order chi connectivity index (χ0) is 19.2. The number of nitro benzene ring substituents is 1. The first-order valence-electron chi connectivity index (χ1n) is 8.28. The van der Waals surface area contributed by atoms with Crippen LogP contribution in [0, 0.1) is 22.0 Å². The molecule has 3 nitrogen and oxygen atoms in total. The van der Waals surface area contributed by atoms with Crippen LogP contribution in [0.2, 0.25) is 25.7 Å². The number of non-ortho nitro benzene ring substituents is 1. The number of thiocarbonyl (C=S) groups is 1. The fourth-order valence-electron chi connectivity index (χ4n) is 2.03. The number of hydrogen-bond donors (Lipinski definition) is 0. The Balaban J connectivity index is 1.97. The highest BCUT2D eigenvalue weighted by molar-refractivity contribution is 8.23. The molecule has 134 valence electrons. The summed E-state index contributed by atoms with van der Waals surface area (Å²) in [6.07, 6.45) is 0. The van der Waals surface area contributed by atoms with Crippen LogP contribution in [0.25, 0.3) is 0 Å². The molecule has 2 aromatic carbocycles. The molecule has 2 rings (SSSR count). The Labute approximate surface area is 165 Å². The fraction of sp³-hybridized carbons (Fsp3) is 0.250. The average Bonchev–Trinajstić information content (AvgIpc) is 2.59. The van der Waals surface area contributed by atoms with Gasteiger partial charge in [0, 0.05) is 31.3 Å². The van der Waals surface area contributed by atoms with E-state index in [0.717, 1.165) is 26.6 Å². The van der Waals surface area contributed by atoms with Crippen molar-refractivity contribution in [3.8, 4) is 11.8 Å². The van der Waals surface area contributed by atoms with Crippen molar-refractivity contribution in [1.82, 2.24) is 0 Å². The third-order valence-electron chi connectivity index (χ3n) is 3.64. The van der Waals surface area contributed by atoms with E-state index in [1.165, 1.54) is 18.2 Å². The predicted octanol–water partition coefficient (Wildman–Crippen LogP) is 5.74. The molecule has 0 N–H and O–H groups in total. The third-order valence-corrected chi connectivity index (χ3v) is 7.24. The zero-order valence-electron chi connectivity index (χ0n) is 15.1. The van der Waals surface area contributed by atoms with Gasteiger partial charge in [-0.2, -0.15) is 0 Å². The van der Waals surface area contributed by atoms with Gasteiger partial charge in [0.15, 0.2) is 0 Å². The number of rotatable bonds is 5. The zero-order valence-corrected chi connectivity index (χ0v) is 17.7. The van der Waals surface area contributed by atoms with Crippen LogP contribution in [0.5, 0.6) is 0 Å². The normalized spacial score (nSPS) is 10.7. The molecule has 0 spiro atoms. The molecule has 0 saturated carbocycles. The summed E-state index contributed by atoms with van der Waals surface area (Å²) in [5, 5.41) is 10.7. The van der Waals surface area contributed by atoms with Gasteiger partial charge in [-0.25, -0.2) is 0 Å². The molecule has 0 aliphatic rings.